The highest BCUT2D eigenvalue weighted by Crippen LogP contribution is 2.46. The van der Waals surface area contributed by atoms with Gasteiger partial charge >= 0.3 is 18.3 Å². The van der Waals surface area contributed by atoms with Gasteiger partial charge in [-0.1, -0.05) is 0 Å². The number of nitrogens with zero attached hydrogens (tertiary/aromatic N) is 4. The second-order valence-electron chi connectivity index (χ2n) is 12.4. The topological polar surface area (TPSA) is 101 Å². The van der Waals surface area contributed by atoms with Crippen LogP contribution in [0.2, 0.25) is 0 Å². The Morgan fingerprint density at radius 1 is 1.12 bits per heavy atom. The van der Waals surface area contributed by atoms with Gasteiger partial charge in [0.15, 0.2) is 5.65 Å². The molecule has 5 rings (SSSR count). The number of hydrogen-bond acceptors (Lipinski definition) is 5. The number of fused-ring (bicyclic) bond motifs is 1. The summed E-state index contributed by atoms with van der Waals surface area (Å²) in [5.74, 6) is -2.96. The number of carbonyl (C=O) groups excluding carboxylic acids is 2. The molecule has 41 heavy (non-hydrogen) atoms. The zero-order chi connectivity index (χ0) is 29.7. The molecule has 0 bridgehead atoms. The van der Waals surface area contributed by atoms with E-state index in [2.05, 4.69) is 20.7 Å². The molecule has 2 N–H and O–H groups in total. The predicted octanol–water partition coefficient (Wildman–Crippen LogP) is 5.92. The van der Waals surface area contributed by atoms with Crippen molar-refractivity contribution in [3.63, 3.8) is 0 Å². The molecule has 226 valence electrons. The third-order valence-corrected chi connectivity index (χ3v) is 7.94. The molecular weight excluding hydrogens is 551 g/mol. The molecule has 14 heteroatoms. The molecule has 3 amide bonds. The average molecular weight is 587 g/mol. The fourth-order valence-electron chi connectivity index (χ4n) is 5.79. The van der Waals surface area contributed by atoms with Crippen molar-refractivity contribution in [3.8, 4) is 0 Å². The van der Waals surface area contributed by atoms with Gasteiger partial charge in [-0.2, -0.15) is 18.3 Å². The maximum atomic E-state index is 13.9. The third-order valence-electron chi connectivity index (χ3n) is 7.94. The van der Waals surface area contributed by atoms with E-state index in [1.165, 1.54) is 9.42 Å². The minimum Gasteiger partial charge on any atom is -0.444 e. The Labute approximate surface area is 234 Å². The van der Waals surface area contributed by atoms with Gasteiger partial charge in [-0.25, -0.2) is 27.9 Å². The Morgan fingerprint density at radius 3 is 2.39 bits per heavy atom. The first-order chi connectivity index (χ1) is 19.1. The van der Waals surface area contributed by atoms with Crippen LogP contribution in [-0.4, -0.2) is 61.9 Å². The summed E-state index contributed by atoms with van der Waals surface area (Å²) in [6.45, 7) is 5.13. The number of nitrogens with one attached hydrogen (secondary N) is 2. The maximum Gasteiger partial charge on any atom is 0.408 e. The van der Waals surface area contributed by atoms with Gasteiger partial charge in [-0.3, -0.25) is 0 Å². The van der Waals surface area contributed by atoms with Gasteiger partial charge in [0.25, 0.3) is 0 Å². The standard InChI is InChI=1S/C27H35F5N6O3/c1-25(2,3)41-24(40)36-21(15-6-9-26(28,29)10-7-15)18-14-38-20(34-18)12-17(13-33-38)22(16-4-5-16)37-11-8-19(27(30,31)32)35-23(37)39/h12-16,19,21-22H,4-11H2,1-3H3,(H,35,39)(H,36,40)/t19?,21-,22+/m0/s1. The summed E-state index contributed by atoms with van der Waals surface area (Å²) in [5, 5.41) is 9.36. The van der Waals surface area contributed by atoms with Crippen LogP contribution >= 0.6 is 0 Å². The lowest BCUT2D eigenvalue weighted by Crippen LogP contribution is -2.57. The minimum absolute atomic E-state index is 0.0454. The normalized spacial score (nSPS) is 23.7. The number of rotatable bonds is 6. The number of amides is 3. The molecule has 2 aromatic rings. The highest BCUT2D eigenvalue weighted by atomic mass is 19.4. The molecule has 2 saturated carbocycles. The van der Waals surface area contributed by atoms with Crippen molar-refractivity contribution in [2.45, 2.75) is 102 Å². The molecule has 9 nitrogen and oxygen atoms in total. The van der Waals surface area contributed by atoms with Crippen LogP contribution in [0.1, 0.15) is 89.1 Å². The van der Waals surface area contributed by atoms with Crippen LogP contribution in [0.3, 0.4) is 0 Å². The second kappa shape index (κ2) is 10.6. The summed E-state index contributed by atoms with van der Waals surface area (Å²) in [6.07, 6.45) is -0.809. The van der Waals surface area contributed by atoms with Crippen molar-refractivity contribution in [3.05, 3.63) is 29.7 Å². The number of aromatic nitrogens is 3. The number of alkyl carbamates (subject to hydrolysis) is 1. The Morgan fingerprint density at radius 2 is 1.80 bits per heavy atom. The molecule has 3 aliphatic rings. The minimum atomic E-state index is -4.51. The summed E-state index contributed by atoms with van der Waals surface area (Å²) in [4.78, 5) is 31.6. The first-order valence-electron chi connectivity index (χ1n) is 14.0. The monoisotopic (exact) mass is 586 g/mol. The summed E-state index contributed by atoms with van der Waals surface area (Å²) >= 11 is 0. The Balaban J connectivity index is 1.41. The molecule has 2 aromatic heterocycles. The largest absolute Gasteiger partial charge is 0.444 e. The number of imidazole rings is 1. The number of hydrogen-bond donors (Lipinski definition) is 2. The first-order valence-corrected chi connectivity index (χ1v) is 14.0. The number of urea groups is 1. The van der Waals surface area contributed by atoms with Gasteiger partial charge in [-0.05, 0) is 76.3 Å². The quantitative estimate of drug-likeness (QED) is 0.410. The number of halogens is 5. The molecule has 3 fully saturated rings. The summed E-state index contributed by atoms with van der Waals surface area (Å²) in [7, 11) is 0. The molecule has 1 unspecified atom stereocenters. The van der Waals surface area contributed by atoms with E-state index in [-0.39, 0.29) is 50.5 Å². The molecule has 1 aliphatic heterocycles. The van der Waals surface area contributed by atoms with Gasteiger partial charge in [0.05, 0.1) is 30.2 Å². The lowest BCUT2D eigenvalue weighted by Gasteiger charge is -2.38. The van der Waals surface area contributed by atoms with Crippen molar-refractivity contribution >= 4 is 17.8 Å². The van der Waals surface area contributed by atoms with Gasteiger partial charge in [-0.15, -0.1) is 0 Å². The van der Waals surface area contributed by atoms with E-state index in [0.717, 1.165) is 12.8 Å². The highest BCUT2D eigenvalue weighted by molar-refractivity contribution is 5.76. The third kappa shape index (κ3) is 6.83. The van der Waals surface area contributed by atoms with Crippen molar-refractivity contribution < 1.29 is 36.3 Å². The summed E-state index contributed by atoms with van der Waals surface area (Å²) in [5.41, 5.74) is 0.725. The molecule has 0 radical (unpaired) electrons. The Bertz CT molecular complexity index is 1280. The van der Waals surface area contributed by atoms with Gasteiger partial charge in [0.1, 0.15) is 11.6 Å². The van der Waals surface area contributed by atoms with Crippen LogP contribution in [0.25, 0.3) is 5.65 Å². The van der Waals surface area contributed by atoms with E-state index in [4.69, 9.17) is 4.74 Å². The van der Waals surface area contributed by atoms with Gasteiger partial charge in [0.2, 0.25) is 5.92 Å². The molecule has 1 saturated heterocycles. The first kappa shape index (κ1) is 29.3. The molecule has 3 atom stereocenters. The smallest absolute Gasteiger partial charge is 0.408 e. The molecule has 0 spiro atoms. The van der Waals surface area contributed by atoms with E-state index < -0.39 is 47.9 Å². The lowest BCUT2D eigenvalue weighted by atomic mass is 9.81. The van der Waals surface area contributed by atoms with Crippen molar-refractivity contribution in [1.82, 2.24) is 30.1 Å². The highest BCUT2D eigenvalue weighted by Gasteiger charge is 2.47. The van der Waals surface area contributed by atoms with Crippen molar-refractivity contribution in [2.75, 3.05) is 6.54 Å². The number of ether oxygens (including phenoxy) is 1. The average Bonchev–Trinajstić information content (AvgIpc) is 3.59. The van der Waals surface area contributed by atoms with E-state index in [0.29, 0.717) is 16.9 Å². The van der Waals surface area contributed by atoms with E-state index in [1.807, 2.05) is 0 Å². The zero-order valence-electron chi connectivity index (χ0n) is 23.2. The van der Waals surface area contributed by atoms with E-state index in [9.17, 15) is 31.5 Å². The summed E-state index contributed by atoms with van der Waals surface area (Å²) < 4.78 is 74.3. The Hall–Kier alpha value is -3.19. The molecular formula is C27H35F5N6O3. The summed E-state index contributed by atoms with van der Waals surface area (Å²) in [6, 6.07) is -2.07. The predicted molar refractivity (Wildman–Crippen MR) is 137 cm³/mol. The Kier molecular flexibility index (Phi) is 7.56. The van der Waals surface area contributed by atoms with Crippen LogP contribution in [0.5, 0.6) is 0 Å². The van der Waals surface area contributed by atoms with E-state index >= 15 is 0 Å². The van der Waals surface area contributed by atoms with Crippen LogP contribution in [-0.2, 0) is 4.74 Å². The maximum absolute atomic E-state index is 13.9. The molecule has 2 aliphatic carbocycles. The van der Waals surface area contributed by atoms with Gasteiger partial charge in [0, 0.05) is 19.4 Å². The fourth-order valence-corrected chi connectivity index (χ4v) is 5.79. The van der Waals surface area contributed by atoms with Gasteiger partial charge < -0.3 is 20.3 Å². The zero-order valence-corrected chi connectivity index (χ0v) is 23.2. The van der Waals surface area contributed by atoms with Crippen molar-refractivity contribution in [2.24, 2.45) is 11.8 Å². The number of alkyl halides is 5. The molecule has 3 heterocycles. The number of carbonyl (C=O) groups is 2. The second-order valence-corrected chi connectivity index (χ2v) is 12.4. The molecule has 0 aromatic carbocycles. The van der Waals surface area contributed by atoms with E-state index in [1.54, 1.807) is 39.2 Å². The SMILES string of the molecule is CC(C)(C)OC(=O)N[C@H](c1cn2ncc([C@@H](C3CC3)N3CCC(C(F)(F)F)NC3=O)cc2n1)C1CCC(F)(F)CC1. The fraction of sp³-hybridized carbons (Fsp3) is 0.704. The van der Waals surface area contributed by atoms with Crippen LogP contribution < -0.4 is 10.6 Å². The van der Waals surface area contributed by atoms with Crippen LogP contribution in [0, 0.1) is 11.8 Å². The lowest BCUT2D eigenvalue weighted by molar-refractivity contribution is -0.159. The van der Waals surface area contributed by atoms with Crippen LogP contribution in [0.4, 0.5) is 31.5 Å². The van der Waals surface area contributed by atoms with Crippen molar-refractivity contribution in [1.29, 1.82) is 0 Å². The van der Waals surface area contributed by atoms with Crippen LogP contribution in [0.15, 0.2) is 18.5 Å².